The number of aliphatic hydroxyl groups excluding tert-OH is 1. The van der Waals surface area contributed by atoms with Crippen molar-refractivity contribution in [2.75, 3.05) is 31.1 Å². The minimum absolute atomic E-state index is 0.0481. The molecule has 0 spiro atoms. The number of anilines is 1. The Kier molecular flexibility index (Phi) is 5.04. The summed E-state index contributed by atoms with van der Waals surface area (Å²) in [5.74, 6) is 0.415. The van der Waals surface area contributed by atoms with Crippen molar-refractivity contribution in [1.82, 2.24) is 10.3 Å². The van der Waals surface area contributed by atoms with E-state index in [1.165, 1.54) is 12.3 Å². The van der Waals surface area contributed by atoms with Gasteiger partial charge < -0.3 is 15.3 Å². The highest BCUT2D eigenvalue weighted by Crippen LogP contribution is 2.23. The van der Waals surface area contributed by atoms with Crippen LogP contribution in [-0.2, 0) is 4.79 Å². The molecular formula is C13H18N4O4. The summed E-state index contributed by atoms with van der Waals surface area (Å²) in [5, 5.41) is 22.0. The molecule has 1 saturated heterocycles. The Morgan fingerprint density at radius 3 is 3.00 bits per heavy atom. The third-order valence-electron chi connectivity index (χ3n) is 3.47. The van der Waals surface area contributed by atoms with E-state index in [1.54, 1.807) is 6.07 Å². The number of rotatable bonds is 5. The maximum Gasteiger partial charge on any atom is 0.287 e. The maximum absolute atomic E-state index is 11.9. The molecule has 2 rings (SSSR count). The first-order valence-electron chi connectivity index (χ1n) is 6.86. The number of nitro groups is 1. The van der Waals surface area contributed by atoms with E-state index in [-0.39, 0.29) is 30.7 Å². The number of aliphatic hydroxyl groups is 1. The largest absolute Gasteiger partial charge is 0.395 e. The summed E-state index contributed by atoms with van der Waals surface area (Å²) in [6.07, 6.45) is 2.88. The topological polar surface area (TPSA) is 109 Å². The Morgan fingerprint density at radius 2 is 2.38 bits per heavy atom. The predicted octanol–water partition coefficient (Wildman–Crippen LogP) is 0.315. The molecule has 0 bridgehead atoms. The van der Waals surface area contributed by atoms with E-state index in [1.807, 2.05) is 4.90 Å². The monoisotopic (exact) mass is 294 g/mol. The van der Waals surface area contributed by atoms with Crippen molar-refractivity contribution in [3.8, 4) is 0 Å². The van der Waals surface area contributed by atoms with Gasteiger partial charge in [-0.15, -0.1) is 0 Å². The van der Waals surface area contributed by atoms with Crippen molar-refractivity contribution in [1.29, 1.82) is 0 Å². The Morgan fingerprint density at radius 1 is 1.57 bits per heavy atom. The Balaban J connectivity index is 2.00. The molecule has 0 aliphatic carbocycles. The molecule has 2 heterocycles. The smallest absolute Gasteiger partial charge is 0.287 e. The van der Waals surface area contributed by atoms with Crippen molar-refractivity contribution in [2.24, 2.45) is 5.92 Å². The van der Waals surface area contributed by atoms with Crippen LogP contribution < -0.4 is 10.2 Å². The standard InChI is InChI=1S/C13H18N4O4/c18-7-5-14-13(19)10-2-1-6-16(9-10)12-4-3-11(8-15-12)17(20)21/h3-4,8,10,18H,1-2,5-7,9H2,(H,14,19)/t10-/m0/s1. The van der Waals surface area contributed by atoms with E-state index < -0.39 is 4.92 Å². The number of nitrogens with zero attached hydrogens (tertiary/aromatic N) is 3. The van der Waals surface area contributed by atoms with Gasteiger partial charge in [0.1, 0.15) is 12.0 Å². The summed E-state index contributed by atoms with van der Waals surface area (Å²) in [7, 11) is 0. The fourth-order valence-electron chi connectivity index (χ4n) is 2.40. The zero-order chi connectivity index (χ0) is 15.2. The van der Waals surface area contributed by atoms with Gasteiger partial charge in [-0.1, -0.05) is 0 Å². The minimum atomic E-state index is -0.488. The molecule has 1 aliphatic rings. The molecule has 0 aromatic carbocycles. The fourth-order valence-corrected chi connectivity index (χ4v) is 2.40. The van der Waals surface area contributed by atoms with Gasteiger partial charge >= 0.3 is 0 Å². The average molecular weight is 294 g/mol. The lowest BCUT2D eigenvalue weighted by Gasteiger charge is -2.32. The van der Waals surface area contributed by atoms with Crippen molar-refractivity contribution in [2.45, 2.75) is 12.8 Å². The van der Waals surface area contributed by atoms with Gasteiger partial charge in [0.2, 0.25) is 5.91 Å². The molecule has 21 heavy (non-hydrogen) atoms. The fraction of sp³-hybridized carbons (Fsp3) is 0.538. The lowest BCUT2D eigenvalue weighted by atomic mass is 9.97. The first-order chi connectivity index (χ1) is 10.1. The highest BCUT2D eigenvalue weighted by Gasteiger charge is 2.26. The van der Waals surface area contributed by atoms with E-state index in [2.05, 4.69) is 10.3 Å². The first-order valence-corrected chi connectivity index (χ1v) is 6.86. The normalized spacial score (nSPS) is 18.3. The number of hydrogen-bond acceptors (Lipinski definition) is 6. The molecule has 0 unspecified atom stereocenters. The molecule has 1 fully saturated rings. The molecule has 1 aliphatic heterocycles. The Bertz CT molecular complexity index is 505. The molecule has 0 saturated carbocycles. The van der Waals surface area contributed by atoms with Crippen molar-refractivity contribution >= 4 is 17.4 Å². The van der Waals surface area contributed by atoms with Crippen LogP contribution in [0.3, 0.4) is 0 Å². The van der Waals surface area contributed by atoms with Crippen LogP contribution in [-0.4, -0.2) is 47.2 Å². The molecule has 2 N–H and O–H groups in total. The van der Waals surface area contributed by atoms with Gasteiger partial charge in [-0.25, -0.2) is 4.98 Å². The molecular weight excluding hydrogens is 276 g/mol. The van der Waals surface area contributed by atoms with Crippen molar-refractivity contribution in [3.63, 3.8) is 0 Å². The van der Waals surface area contributed by atoms with E-state index in [4.69, 9.17) is 5.11 Å². The zero-order valence-corrected chi connectivity index (χ0v) is 11.6. The van der Waals surface area contributed by atoms with Crippen molar-refractivity contribution in [3.05, 3.63) is 28.4 Å². The highest BCUT2D eigenvalue weighted by atomic mass is 16.6. The molecule has 114 valence electrons. The van der Waals surface area contributed by atoms with Gasteiger partial charge in [0.05, 0.1) is 17.4 Å². The molecule has 0 radical (unpaired) electrons. The summed E-state index contributed by atoms with van der Waals surface area (Å²) in [5.41, 5.74) is -0.0481. The van der Waals surface area contributed by atoms with Crippen LogP contribution in [0.4, 0.5) is 11.5 Å². The van der Waals surface area contributed by atoms with Gasteiger partial charge in [-0.3, -0.25) is 14.9 Å². The predicted molar refractivity (Wildman–Crippen MR) is 75.9 cm³/mol. The van der Waals surface area contributed by atoms with Crippen LogP contribution >= 0.6 is 0 Å². The third-order valence-corrected chi connectivity index (χ3v) is 3.47. The summed E-state index contributed by atoms with van der Waals surface area (Å²) >= 11 is 0. The quantitative estimate of drug-likeness (QED) is 0.598. The number of amides is 1. The number of piperidine rings is 1. The second-order valence-electron chi connectivity index (χ2n) is 4.93. The van der Waals surface area contributed by atoms with Gasteiger partial charge in [-0.05, 0) is 18.9 Å². The van der Waals surface area contributed by atoms with Crippen LogP contribution in [0.5, 0.6) is 0 Å². The lowest BCUT2D eigenvalue weighted by molar-refractivity contribution is -0.385. The highest BCUT2D eigenvalue weighted by molar-refractivity contribution is 5.79. The van der Waals surface area contributed by atoms with Gasteiger partial charge in [0, 0.05) is 25.7 Å². The number of carbonyl (C=O) groups is 1. The first kappa shape index (κ1) is 15.2. The molecule has 1 aromatic rings. The Hall–Kier alpha value is -2.22. The molecule has 8 nitrogen and oxygen atoms in total. The van der Waals surface area contributed by atoms with Crippen LogP contribution in [0, 0.1) is 16.0 Å². The van der Waals surface area contributed by atoms with Crippen LogP contribution in [0.25, 0.3) is 0 Å². The number of aromatic nitrogens is 1. The summed E-state index contributed by atoms with van der Waals surface area (Å²) in [6.45, 7) is 1.48. The molecule has 8 heteroatoms. The zero-order valence-electron chi connectivity index (χ0n) is 11.6. The van der Waals surface area contributed by atoms with Crippen LogP contribution in [0.1, 0.15) is 12.8 Å². The van der Waals surface area contributed by atoms with Crippen molar-refractivity contribution < 1.29 is 14.8 Å². The number of pyridine rings is 1. The summed E-state index contributed by atoms with van der Waals surface area (Å²) in [4.78, 5) is 28.1. The van der Waals surface area contributed by atoms with Gasteiger partial charge in [0.15, 0.2) is 0 Å². The van der Waals surface area contributed by atoms with Crippen LogP contribution in [0.2, 0.25) is 0 Å². The van der Waals surface area contributed by atoms with Gasteiger partial charge in [-0.2, -0.15) is 0 Å². The summed E-state index contributed by atoms with van der Waals surface area (Å²) < 4.78 is 0. The third kappa shape index (κ3) is 3.88. The van der Waals surface area contributed by atoms with E-state index in [0.717, 1.165) is 19.4 Å². The van der Waals surface area contributed by atoms with E-state index in [9.17, 15) is 14.9 Å². The van der Waals surface area contributed by atoms with E-state index in [0.29, 0.717) is 12.4 Å². The summed E-state index contributed by atoms with van der Waals surface area (Å²) in [6, 6.07) is 3.02. The molecule has 1 aromatic heterocycles. The second kappa shape index (κ2) is 6.98. The minimum Gasteiger partial charge on any atom is -0.395 e. The van der Waals surface area contributed by atoms with E-state index >= 15 is 0 Å². The van der Waals surface area contributed by atoms with Crippen LogP contribution in [0.15, 0.2) is 18.3 Å². The Labute approximate surface area is 121 Å². The number of nitrogens with one attached hydrogen (secondary N) is 1. The lowest BCUT2D eigenvalue weighted by Crippen LogP contribution is -2.44. The number of hydrogen-bond donors (Lipinski definition) is 2. The maximum atomic E-state index is 11.9. The second-order valence-corrected chi connectivity index (χ2v) is 4.93. The molecule has 1 amide bonds. The number of carbonyl (C=O) groups excluding carboxylic acids is 1. The average Bonchev–Trinajstić information content (AvgIpc) is 2.52. The molecule has 1 atom stereocenters. The SMILES string of the molecule is O=C(NCCO)[C@H]1CCCN(c2ccc([N+](=O)[O-])cn2)C1. The van der Waals surface area contributed by atoms with Gasteiger partial charge in [0.25, 0.3) is 5.69 Å².